The molecular formula is C16H22BNO4. The van der Waals surface area contributed by atoms with Gasteiger partial charge in [-0.15, -0.1) is 0 Å². The van der Waals surface area contributed by atoms with Crippen molar-refractivity contribution in [2.75, 3.05) is 18.1 Å². The number of cyclic esters (lactones) is 1. The van der Waals surface area contributed by atoms with Crippen LogP contribution in [0.5, 0.6) is 0 Å². The number of benzene rings is 1. The molecule has 118 valence electrons. The first-order chi connectivity index (χ1) is 10.2. The van der Waals surface area contributed by atoms with E-state index in [2.05, 4.69) is 0 Å². The second-order valence-corrected chi connectivity index (χ2v) is 6.90. The van der Waals surface area contributed by atoms with Crippen LogP contribution < -0.4 is 10.4 Å². The fourth-order valence-electron chi connectivity index (χ4n) is 2.72. The molecule has 22 heavy (non-hydrogen) atoms. The maximum atomic E-state index is 11.7. The maximum Gasteiger partial charge on any atom is 0.494 e. The molecule has 1 amide bonds. The molecule has 0 aromatic heterocycles. The van der Waals surface area contributed by atoms with Gasteiger partial charge in [0.25, 0.3) is 0 Å². The van der Waals surface area contributed by atoms with Gasteiger partial charge in [0.2, 0.25) is 0 Å². The Hall–Kier alpha value is -1.53. The summed E-state index contributed by atoms with van der Waals surface area (Å²) in [4.78, 5) is 13.3. The van der Waals surface area contributed by atoms with E-state index in [-0.39, 0.29) is 24.4 Å². The van der Waals surface area contributed by atoms with E-state index < -0.39 is 0 Å². The number of nitrogens with zero attached hydrogens (tertiary/aromatic N) is 1. The molecule has 2 heterocycles. The molecule has 1 aromatic carbocycles. The normalized spacial score (nSPS) is 23.0. The summed E-state index contributed by atoms with van der Waals surface area (Å²) in [6.07, 6.45) is -0.286. The second-order valence-electron chi connectivity index (χ2n) is 6.90. The average molecular weight is 303 g/mol. The molecule has 2 aliphatic rings. The van der Waals surface area contributed by atoms with Crippen LogP contribution in [0.4, 0.5) is 10.5 Å². The van der Waals surface area contributed by atoms with Crippen molar-refractivity contribution in [3.63, 3.8) is 0 Å². The molecular weight excluding hydrogens is 281 g/mol. The zero-order valence-electron chi connectivity index (χ0n) is 13.8. The van der Waals surface area contributed by atoms with E-state index in [1.165, 1.54) is 0 Å². The minimum absolute atomic E-state index is 0.286. The number of anilines is 1. The lowest BCUT2D eigenvalue weighted by Gasteiger charge is -2.32. The standard InChI is InChI=1S/C16H22BNO4/c1-11-10-12(17-21-15(2,3)16(4,5)22-17)6-7-13(11)18-8-9-20-14(18)19/h6-7,10H,8-9H2,1-5H3. The van der Waals surface area contributed by atoms with E-state index in [9.17, 15) is 4.79 Å². The van der Waals surface area contributed by atoms with Crippen molar-refractivity contribution in [3.8, 4) is 0 Å². The molecule has 6 heteroatoms. The molecule has 0 unspecified atom stereocenters. The fraction of sp³-hybridized carbons (Fsp3) is 0.562. The molecule has 2 saturated heterocycles. The summed E-state index contributed by atoms with van der Waals surface area (Å²) >= 11 is 0. The summed E-state index contributed by atoms with van der Waals surface area (Å²) < 4.78 is 17.1. The highest BCUT2D eigenvalue weighted by molar-refractivity contribution is 6.62. The molecule has 2 aliphatic heterocycles. The molecule has 0 spiro atoms. The van der Waals surface area contributed by atoms with Gasteiger partial charge in [-0.25, -0.2) is 4.79 Å². The highest BCUT2D eigenvalue weighted by Gasteiger charge is 2.51. The van der Waals surface area contributed by atoms with Gasteiger partial charge in [0.05, 0.1) is 23.4 Å². The van der Waals surface area contributed by atoms with E-state index in [0.717, 1.165) is 16.7 Å². The Morgan fingerprint density at radius 1 is 1.14 bits per heavy atom. The summed E-state index contributed by atoms with van der Waals surface area (Å²) in [5.41, 5.74) is 2.13. The van der Waals surface area contributed by atoms with Gasteiger partial charge in [-0.1, -0.05) is 12.1 Å². The third kappa shape index (κ3) is 2.40. The minimum Gasteiger partial charge on any atom is -0.447 e. The molecule has 5 nitrogen and oxygen atoms in total. The van der Waals surface area contributed by atoms with E-state index in [0.29, 0.717) is 13.2 Å². The molecule has 1 aromatic rings. The van der Waals surface area contributed by atoms with Crippen LogP contribution in [0.2, 0.25) is 0 Å². The molecule has 0 saturated carbocycles. The monoisotopic (exact) mass is 303 g/mol. The zero-order valence-corrected chi connectivity index (χ0v) is 13.8. The molecule has 3 rings (SSSR count). The summed E-state index contributed by atoms with van der Waals surface area (Å²) in [7, 11) is -0.386. The van der Waals surface area contributed by atoms with Crippen LogP contribution in [0, 0.1) is 6.92 Å². The Labute approximate surface area is 131 Å². The highest BCUT2D eigenvalue weighted by atomic mass is 16.7. The summed E-state index contributed by atoms with van der Waals surface area (Å²) in [6, 6.07) is 5.90. The Morgan fingerprint density at radius 3 is 2.27 bits per heavy atom. The van der Waals surface area contributed by atoms with E-state index in [1.54, 1.807) is 4.90 Å². The number of amides is 1. The van der Waals surface area contributed by atoms with E-state index in [4.69, 9.17) is 14.0 Å². The lowest BCUT2D eigenvalue weighted by atomic mass is 9.78. The van der Waals surface area contributed by atoms with E-state index >= 15 is 0 Å². The van der Waals surface area contributed by atoms with Gasteiger partial charge in [-0.2, -0.15) is 0 Å². The quantitative estimate of drug-likeness (QED) is 0.786. The van der Waals surface area contributed by atoms with Crippen LogP contribution in [0.3, 0.4) is 0 Å². The first-order valence-corrected chi connectivity index (χ1v) is 7.62. The molecule has 0 N–H and O–H groups in total. The van der Waals surface area contributed by atoms with Gasteiger partial charge in [0.1, 0.15) is 6.61 Å². The van der Waals surface area contributed by atoms with Gasteiger partial charge < -0.3 is 14.0 Å². The number of hydrogen-bond acceptors (Lipinski definition) is 4. The number of aryl methyl sites for hydroxylation is 1. The second kappa shape index (κ2) is 5.00. The van der Waals surface area contributed by atoms with Crippen molar-refractivity contribution < 1.29 is 18.8 Å². The largest absolute Gasteiger partial charge is 0.494 e. The summed E-state index contributed by atoms with van der Waals surface area (Å²) in [5.74, 6) is 0. The lowest BCUT2D eigenvalue weighted by molar-refractivity contribution is 0.00578. The number of ether oxygens (including phenoxy) is 1. The molecule has 0 aliphatic carbocycles. The number of rotatable bonds is 2. The smallest absolute Gasteiger partial charge is 0.447 e. The number of hydrogen-bond donors (Lipinski definition) is 0. The minimum atomic E-state index is -0.386. The summed E-state index contributed by atoms with van der Waals surface area (Å²) in [6.45, 7) is 11.2. The molecule has 2 fully saturated rings. The highest BCUT2D eigenvalue weighted by Crippen LogP contribution is 2.36. The van der Waals surface area contributed by atoms with Gasteiger partial charge in [-0.3, -0.25) is 4.90 Å². The van der Waals surface area contributed by atoms with Crippen molar-refractivity contribution in [2.45, 2.75) is 45.8 Å². The first kappa shape index (κ1) is 15.4. The molecule has 0 atom stereocenters. The summed E-state index contributed by atoms with van der Waals surface area (Å²) in [5, 5.41) is 0. The Kier molecular flexibility index (Phi) is 3.49. The predicted octanol–water partition coefficient (Wildman–Crippen LogP) is 2.25. The third-order valence-electron chi connectivity index (χ3n) is 4.80. The van der Waals surface area contributed by atoms with E-state index in [1.807, 2.05) is 52.8 Å². The van der Waals surface area contributed by atoms with Crippen LogP contribution in [0.15, 0.2) is 18.2 Å². The van der Waals surface area contributed by atoms with Crippen molar-refractivity contribution in [2.24, 2.45) is 0 Å². The van der Waals surface area contributed by atoms with Crippen molar-refractivity contribution >= 4 is 24.4 Å². The van der Waals surface area contributed by atoms with Gasteiger partial charge >= 0.3 is 13.2 Å². The van der Waals surface area contributed by atoms with Crippen molar-refractivity contribution in [1.29, 1.82) is 0 Å². The Bertz CT molecular complexity index is 598. The van der Waals surface area contributed by atoms with Crippen molar-refractivity contribution in [1.82, 2.24) is 0 Å². The Morgan fingerprint density at radius 2 is 1.77 bits per heavy atom. The maximum absolute atomic E-state index is 11.7. The number of carbonyl (C=O) groups excluding carboxylic acids is 1. The predicted molar refractivity (Wildman–Crippen MR) is 85.6 cm³/mol. The van der Waals surface area contributed by atoms with Crippen LogP contribution in [-0.2, 0) is 14.0 Å². The van der Waals surface area contributed by atoms with Gasteiger partial charge in [0.15, 0.2) is 0 Å². The molecule has 0 radical (unpaired) electrons. The van der Waals surface area contributed by atoms with Crippen LogP contribution >= 0.6 is 0 Å². The van der Waals surface area contributed by atoms with Crippen molar-refractivity contribution in [3.05, 3.63) is 23.8 Å². The topological polar surface area (TPSA) is 48.0 Å². The van der Waals surface area contributed by atoms with Crippen LogP contribution in [0.25, 0.3) is 0 Å². The SMILES string of the molecule is Cc1cc(B2OC(C)(C)C(C)(C)O2)ccc1N1CCOC1=O. The van der Waals surface area contributed by atoms with Gasteiger partial charge in [-0.05, 0) is 51.7 Å². The number of carbonyl (C=O) groups is 1. The van der Waals surface area contributed by atoms with Crippen LogP contribution in [-0.4, -0.2) is 37.6 Å². The first-order valence-electron chi connectivity index (χ1n) is 7.62. The fourth-order valence-corrected chi connectivity index (χ4v) is 2.72. The zero-order chi connectivity index (χ0) is 16.1. The lowest BCUT2D eigenvalue weighted by Crippen LogP contribution is -2.41. The van der Waals surface area contributed by atoms with Crippen LogP contribution in [0.1, 0.15) is 33.3 Å². The molecule has 0 bridgehead atoms. The average Bonchev–Trinajstić information content (AvgIpc) is 2.91. The third-order valence-corrected chi connectivity index (χ3v) is 4.80. The Balaban J connectivity index is 1.86. The van der Waals surface area contributed by atoms with Gasteiger partial charge in [0, 0.05) is 0 Å².